The Morgan fingerprint density at radius 3 is 2.73 bits per heavy atom. The number of nitrogens with zero attached hydrogens (tertiary/aromatic N) is 2. The Morgan fingerprint density at radius 2 is 2.20 bits per heavy atom. The van der Waals surface area contributed by atoms with E-state index in [2.05, 4.69) is 23.7 Å². The molecule has 0 atom stereocenters. The van der Waals surface area contributed by atoms with Gasteiger partial charge in [0.15, 0.2) is 6.29 Å². The number of rotatable bonds is 5. The summed E-state index contributed by atoms with van der Waals surface area (Å²) in [6.07, 6.45) is 3.67. The first-order valence-electron chi connectivity index (χ1n) is 5.40. The number of hydrogen-bond acceptors (Lipinski definition) is 3. The molecule has 0 saturated heterocycles. The zero-order valence-electron chi connectivity index (χ0n) is 9.66. The minimum absolute atomic E-state index is 0.731. The molecule has 82 valence electrons. The Labute approximate surface area is 91.1 Å². The molecule has 1 rings (SSSR count). The van der Waals surface area contributed by atoms with Gasteiger partial charge in [0.05, 0.1) is 0 Å². The summed E-state index contributed by atoms with van der Waals surface area (Å²) in [6.45, 7) is 8.09. The van der Waals surface area contributed by atoms with Gasteiger partial charge in [-0.05, 0) is 26.3 Å². The van der Waals surface area contributed by atoms with E-state index in [9.17, 15) is 4.79 Å². The summed E-state index contributed by atoms with van der Waals surface area (Å²) in [6, 6.07) is 1.76. The van der Waals surface area contributed by atoms with E-state index in [1.807, 2.05) is 6.92 Å². The molecular weight excluding hydrogens is 188 g/mol. The van der Waals surface area contributed by atoms with Crippen molar-refractivity contribution < 1.29 is 4.79 Å². The van der Waals surface area contributed by atoms with Gasteiger partial charge in [0, 0.05) is 30.4 Å². The molecule has 1 aromatic rings. The second-order valence-electron chi connectivity index (χ2n) is 3.55. The van der Waals surface area contributed by atoms with Gasteiger partial charge in [0.25, 0.3) is 0 Å². The van der Waals surface area contributed by atoms with Gasteiger partial charge >= 0.3 is 0 Å². The largest absolute Gasteiger partial charge is 0.357 e. The van der Waals surface area contributed by atoms with Crippen molar-refractivity contribution in [2.45, 2.75) is 27.2 Å². The predicted octanol–water partition coefficient (Wildman–Crippen LogP) is 2.44. The van der Waals surface area contributed by atoms with E-state index in [0.717, 1.165) is 42.7 Å². The van der Waals surface area contributed by atoms with Crippen molar-refractivity contribution >= 4 is 12.1 Å². The molecule has 0 unspecified atom stereocenters. The molecule has 0 saturated carbocycles. The molecule has 15 heavy (non-hydrogen) atoms. The van der Waals surface area contributed by atoms with Crippen LogP contribution in [0.15, 0.2) is 12.3 Å². The first kappa shape index (κ1) is 11.7. The second-order valence-corrected chi connectivity index (χ2v) is 3.55. The van der Waals surface area contributed by atoms with E-state index in [1.165, 1.54) is 0 Å². The van der Waals surface area contributed by atoms with Crippen molar-refractivity contribution in [2.75, 3.05) is 18.0 Å². The molecule has 0 aromatic carbocycles. The van der Waals surface area contributed by atoms with Crippen molar-refractivity contribution in [3.05, 3.63) is 23.4 Å². The van der Waals surface area contributed by atoms with Crippen LogP contribution in [-0.2, 0) is 0 Å². The van der Waals surface area contributed by atoms with Crippen molar-refractivity contribution in [2.24, 2.45) is 0 Å². The lowest BCUT2D eigenvalue weighted by Gasteiger charge is -2.23. The van der Waals surface area contributed by atoms with Crippen LogP contribution in [-0.4, -0.2) is 24.4 Å². The summed E-state index contributed by atoms with van der Waals surface area (Å²) >= 11 is 0. The zero-order chi connectivity index (χ0) is 11.3. The van der Waals surface area contributed by atoms with Crippen LogP contribution in [0, 0.1) is 6.92 Å². The zero-order valence-corrected chi connectivity index (χ0v) is 9.66. The molecule has 0 amide bonds. The minimum Gasteiger partial charge on any atom is -0.357 e. The third kappa shape index (κ3) is 2.55. The molecule has 3 heteroatoms. The third-order valence-electron chi connectivity index (χ3n) is 2.52. The van der Waals surface area contributed by atoms with Crippen molar-refractivity contribution in [1.82, 2.24) is 4.98 Å². The van der Waals surface area contributed by atoms with Crippen LogP contribution in [0.25, 0.3) is 0 Å². The van der Waals surface area contributed by atoms with E-state index >= 15 is 0 Å². The number of pyridine rings is 1. The van der Waals surface area contributed by atoms with E-state index in [-0.39, 0.29) is 0 Å². The fourth-order valence-corrected chi connectivity index (χ4v) is 1.67. The highest BCUT2D eigenvalue weighted by Crippen LogP contribution is 2.19. The lowest BCUT2D eigenvalue weighted by Crippen LogP contribution is -2.25. The van der Waals surface area contributed by atoms with Gasteiger partial charge in [-0.15, -0.1) is 0 Å². The predicted molar refractivity (Wildman–Crippen MR) is 62.5 cm³/mol. The van der Waals surface area contributed by atoms with Gasteiger partial charge < -0.3 is 4.90 Å². The molecule has 3 nitrogen and oxygen atoms in total. The van der Waals surface area contributed by atoms with Crippen LogP contribution < -0.4 is 4.90 Å². The Kier molecular flexibility index (Phi) is 4.28. The number of hydrogen-bond donors (Lipinski definition) is 0. The molecule has 0 spiro atoms. The Hall–Kier alpha value is -1.38. The summed E-state index contributed by atoms with van der Waals surface area (Å²) in [5.74, 6) is 0.934. The van der Waals surface area contributed by atoms with Crippen LogP contribution in [0.5, 0.6) is 0 Å². The van der Waals surface area contributed by atoms with Gasteiger partial charge in [0.1, 0.15) is 5.82 Å². The average Bonchev–Trinajstić information content (AvgIpc) is 2.27. The van der Waals surface area contributed by atoms with Crippen LogP contribution in [0.1, 0.15) is 36.2 Å². The van der Waals surface area contributed by atoms with E-state index in [4.69, 9.17) is 0 Å². The quantitative estimate of drug-likeness (QED) is 0.694. The third-order valence-corrected chi connectivity index (χ3v) is 2.52. The highest BCUT2D eigenvalue weighted by atomic mass is 16.1. The normalized spacial score (nSPS) is 10.1. The van der Waals surface area contributed by atoms with Gasteiger partial charge in [0.2, 0.25) is 0 Å². The number of anilines is 1. The van der Waals surface area contributed by atoms with Gasteiger partial charge in [-0.2, -0.15) is 0 Å². The van der Waals surface area contributed by atoms with Crippen molar-refractivity contribution in [3.8, 4) is 0 Å². The molecule has 0 radical (unpaired) electrons. The van der Waals surface area contributed by atoms with Gasteiger partial charge in [-0.3, -0.25) is 4.79 Å². The average molecular weight is 206 g/mol. The van der Waals surface area contributed by atoms with Crippen molar-refractivity contribution in [3.63, 3.8) is 0 Å². The van der Waals surface area contributed by atoms with Crippen LogP contribution in [0.2, 0.25) is 0 Å². The topological polar surface area (TPSA) is 33.2 Å². The minimum atomic E-state index is 0.731. The molecule has 0 bridgehead atoms. The number of aldehydes is 1. The lowest BCUT2D eigenvalue weighted by atomic mass is 10.1. The highest BCUT2D eigenvalue weighted by Gasteiger charge is 2.10. The maximum Gasteiger partial charge on any atom is 0.150 e. The molecule has 0 fully saturated rings. The van der Waals surface area contributed by atoms with Crippen LogP contribution in [0.4, 0.5) is 5.82 Å². The monoisotopic (exact) mass is 206 g/mol. The molecule has 0 N–H and O–H groups in total. The Morgan fingerprint density at radius 1 is 1.47 bits per heavy atom. The summed E-state index contributed by atoms with van der Waals surface area (Å²) in [5.41, 5.74) is 1.71. The van der Waals surface area contributed by atoms with Crippen molar-refractivity contribution in [1.29, 1.82) is 0 Å². The fraction of sp³-hybridized carbons (Fsp3) is 0.500. The standard InChI is InChI=1S/C12H18N2O/c1-4-8-14(5-2)12-10(3)11(9-15)6-7-13-12/h6-7,9H,4-5,8H2,1-3H3. The molecule has 0 aliphatic carbocycles. The summed E-state index contributed by atoms with van der Waals surface area (Å²) in [4.78, 5) is 17.3. The summed E-state index contributed by atoms with van der Waals surface area (Å²) in [7, 11) is 0. The maximum absolute atomic E-state index is 10.8. The molecular formula is C12H18N2O. The van der Waals surface area contributed by atoms with E-state index in [1.54, 1.807) is 12.3 Å². The lowest BCUT2D eigenvalue weighted by molar-refractivity contribution is 0.112. The smallest absolute Gasteiger partial charge is 0.150 e. The summed E-state index contributed by atoms with van der Waals surface area (Å²) < 4.78 is 0. The molecule has 1 aromatic heterocycles. The second kappa shape index (κ2) is 5.49. The Bertz CT molecular complexity index is 336. The van der Waals surface area contributed by atoms with Gasteiger partial charge in [-0.1, -0.05) is 6.92 Å². The first-order valence-corrected chi connectivity index (χ1v) is 5.40. The molecule has 0 aliphatic rings. The summed E-state index contributed by atoms with van der Waals surface area (Å²) in [5, 5.41) is 0. The van der Waals surface area contributed by atoms with E-state index < -0.39 is 0 Å². The Balaban J connectivity index is 3.06. The number of aromatic nitrogens is 1. The number of carbonyl (C=O) groups excluding carboxylic acids is 1. The number of carbonyl (C=O) groups is 1. The van der Waals surface area contributed by atoms with Gasteiger partial charge in [-0.25, -0.2) is 4.98 Å². The molecule has 1 heterocycles. The van der Waals surface area contributed by atoms with Crippen LogP contribution in [0.3, 0.4) is 0 Å². The fourth-order valence-electron chi connectivity index (χ4n) is 1.67. The molecule has 0 aliphatic heterocycles. The first-order chi connectivity index (χ1) is 7.24. The highest BCUT2D eigenvalue weighted by molar-refractivity contribution is 5.79. The SMILES string of the molecule is CCCN(CC)c1nccc(C=O)c1C. The maximum atomic E-state index is 10.8. The van der Waals surface area contributed by atoms with E-state index in [0.29, 0.717) is 0 Å². The van der Waals surface area contributed by atoms with Crippen LogP contribution >= 0.6 is 0 Å².